The van der Waals surface area contributed by atoms with Crippen molar-refractivity contribution in [2.24, 2.45) is 10.7 Å². The van der Waals surface area contributed by atoms with Gasteiger partial charge < -0.3 is 10.2 Å². The van der Waals surface area contributed by atoms with E-state index in [0.717, 1.165) is 26.5 Å². The monoisotopic (exact) mass is 311 g/mol. The second-order valence-electron chi connectivity index (χ2n) is 5.19. The topological polar surface area (TPSA) is 64.4 Å². The van der Waals surface area contributed by atoms with Crippen LogP contribution < -0.4 is 5.73 Å². The molecule has 22 heavy (non-hydrogen) atoms. The van der Waals surface area contributed by atoms with Gasteiger partial charge in [0, 0.05) is 11.6 Å². The number of aliphatic imine (C=N–C) groups is 1. The summed E-state index contributed by atoms with van der Waals surface area (Å²) < 4.78 is 6.37. The molecule has 0 unspecified atom stereocenters. The molecular weight excluding hydrogens is 294 g/mol. The summed E-state index contributed by atoms with van der Waals surface area (Å²) in [6.07, 6.45) is 5.52. The van der Waals surface area contributed by atoms with Crippen molar-refractivity contribution in [3.63, 3.8) is 0 Å². The molecule has 0 aliphatic carbocycles. The van der Waals surface area contributed by atoms with E-state index in [-0.39, 0.29) is 6.04 Å². The maximum atomic E-state index is 6.02. The van der Waals surface area contributed by atoms with Gasteiger partial charge in [-0.1, -0.05) is 0 Å². The Morgan fingerprint density at radius 3 is 2.91 bits per heavy atom. The van der Waals surface area contributed by atoms with E-state index in [2.05, 4.69) is 9.98 Å². The Morgan fingerprint density at radius 2 is 2.18 bits per heavy atom. The van der Waals surface area contributed by atoms with Gasteiger partial charge in [-0.2, -0.15) is 0 Å². The number of benzene rings is 1. The fourth-order valence-corrected chi connectivity index (χ4v) is 2.97. The lowest BCUT2D eigenvalue weighted by Crippen LogP contribution is -2.15. The van der Waals surface area contributed by atoms with Crippen molar-refractivity contribution in [3.8, 4) is 0 Å². The summed E-state index contributed by atoms with van der Waals surface area (Å²) in [7, 11) is 0. The summed E-state index contributed by atoms with van der Waals surface area (Å²) in [5, 5.41) is 0.933. The van der Waals surface area contributed by atoms with E-state index in [1.807, 2.05) is 56.3 Å². The number of rotatable bonds is 4. The van der Waals surface area contributed by atoms with Crippen LogP contribution in [0.4, 0.5) is 0 Å². The Bertz CT molecular complexity index is 829. The zero-order valence-electron chi connectivity index (χ0n) is 12.5. The first-order valence-electron chi connectivity index (χ1n) is 7.07. The molecule has 112 valence electrons. The molecule has 2 N–H and O–H groups in total. The average Bonchev–Trinajstić information content (AvgIpc) is 3.12. The van der Waals surface area contributed by atoms with Crippen molar-refractivity contribution in [2.75, 3.05) is 0 Å². The number of hydrogen-bond acceptors (Lipinski definition) is 4. The summed E-state index contributed by atoms with van der Waals surface area (Å²) in [5.41, 5.74) is 7.92. The molecule has 0 aliphatic heterocycles. The lowest BCUT2D eigenvalue weighted by atomic mass is 10.2. The maximum Gasteiger partial charge on any atom is 0.126 e. The lowest BCUT2D eigenvalue weighted by molar-refractivity contribution is 0.557. The molecule has 0 aliphatic rings. The van der Waals surface area contributed by atoms with Crippen LogP contribution in [0, 0.1) is 0 Å². The maximum absolute atomic E-state index is 6.02. The Hall–Kier alpha value is -2.40. The third-order valence-electron chi connectivity index (χ3n) is 3.03. The van der Waals surface area contributed by atoms with Gasteiger partial charge in [-0.15, -0.1) is 11.3 Å². The molecule has 0 radical (unpaired) electrons. The number of nitrogens with zero attached hydrogens (tertiary/aromatic N) is 2. The first kappa shape index (κ1) is 14.5. The van der Waals surface area contributed by atoms with Crippen LogP contribution in [-0.2, 0) is 0 Å². The molecule has 2 aromatic heterocycles. The van der Waals surface area contributed by atoms with Gasteiger partial charge in [0.05, 0.1) is 16.5 Å². The van der Waals surface area contributed by atoms with Crippen LogP contribution >= 0.6 is 11.3 Å². The van der Waals surface area contributed by atoms with Crippen molar-refractivity contribution < 1.29 is 4.42 Å². The van der Waals surface area contributed by atoms with Crippen LogP contribution in [0.2, 0.25) is 0 Å². The van der Waals surface area contributed by atoms with Gasteiger partial charge in [0.25, 0.3) is 0 Å². The Balaban J connectivity index is 1.90. The Morgan fingerprint density at radius 1 is 1.32 bits per heavy atom. The first-order valence-corrected chi connectivity index (χ1v) is 7.89. The molecule has 4 nitrogen and oxygen atoms in total. The van der Waals surface area contributed by atoms with E-state index in [4.69, 9.17) is 10.2 Å². The van der Waals surface area contributed by atoms with Gasteiger partial charge in [0.1, 0.15) is 16.6 Å². The lowest BCUT2D eigenvalue weighted by Gasteiger charge is -2.02. The highest BCUT2D eigenvalue weighted by Gasteiger charge is 2.06. The standard InChI is InChI=1S/C17H17N3OS/c1-11(2)19-17(18)12-5-7-14-15(10-12)22-16(20-14)8-6-13-4-3-9-21-13/h3-11H,1-2H3,(H2,18,19)/b8-6+. The average molecular weight is 311 g/mol. The van der Waals surface area contributed by atoms with Crippen LogP contribution in [0.3, 0.4) is 0 Å². The second-order valence-corrected chi connectivity index (χ2v) is 6.25. The van der Waals surface area contributed by atoms with E-state index in [1.165, 1.54) is 0 Å². The number of furan rings is 1. The van der Waals surface area contributed by atoms with E-state index >= 15 is 0 Å². The fraction of sp³-hybridized carbons (Fsp3) is 0.176. The highest BCUT2D eigenvalue weighted by atomic mass is 32.1. The Labute approximate surface area is 133 Å². The largest absolute Gasteiger partial charge is 0.465 e. The molecule has 0 fully saturated rings. The molecule has 1 aromatic carbocycles. The highest BCUT2D eigenvalue weighted by molar-refractivity contribution is 7.19. The third kappa shape index (κ3) is 3.26. The number of thiazole rings is 1. The van der Waals surface area contributed by atoms with E-state index < -0.39 is 0 Å². The number of hydrogen-bond donors (Lipinski definition) is 1. The van der Waals surface area contributed by atoms with Crippen LogP contribution in [0.25, 0.3) is 22.4 Å². The van der Waals surface area contributed by atoms with Gasteiger partial charge in [-0.25, -0.2) is 4.98 Å². The normalized spacial score (nSPS) is 12.8. The third-order valence-corrected chi connectivity index (χ3v) is 4.01. The summed E-state index contributed by atoms with van der Waals surface area (Å²) in [5.74, 6) is 1.38. The van der Waals surface area contributed by atoms with Gasteiger partial charge in [-0.05, 0) is 56.3 Å². The van der Waals surface area contributed by atoms with Crippen molar-refractivity contribution >= 4 is 39.5 Å². The summed E-state index contributed by atoms with van der Waals surface area (Å²) in [6.45, 7) is 4.02. The fourth-order valence-electron chi connectivity index (χ4n) is 2.07. The quantitative estimate of drug-likeness (QED) is 0.581. The summed E-state index contributed by atoms with van der Waals surface area (Å²) in [4.78, 5) is 8.97. The van der Waals surface area contributed by atoms with Gasteiger partial charge >= 0.3 is 0 Å². The van der Waals surface area contributed by atoms with Gasteiger partial charge in [0.15, 0.2) is 0 Å². The minimum absolute atomic E-state index is 0.184. The SMILES string of the molecule is CC(C)N=C(N)c1ccc2nc(/C=C/c3ccco3)sc2c1. The van der Waals surface area contributed by atoms with Crippen molar-refractivity contribution in [2.45, 2.75) is 19.9 Å². The van der Waals surface area contributed by atoms with E-state index in [9.17, 15) is 0 Å². The van der Waals surface area contributed by atoms with Crippen molar-refractivity contribution in [1.82, 2.24) is 4.98 Å². The predicted molar refractivity (Wildman–Crippen MR) is 93.1 cm³/mol. The molecule has 5 heteroatoms. The number of fused-ring (bicyclic) bond motifs is 1. The zero-order valence-corrected chi connectivity index (χ0v) is 13.3. The second kappa shape index (κ2) is 6.15. The van der Waals surface area contributed by atoms with Crippen molar-refractivity contribution in [3.05, 3.63) is 52.9 Å². The Kier molecular flexibility index (Phi) is 4.06. The molecule has 2 heterocycles. The molecule has 0 saturated carbocycles. The predicted octanol–water partition coefficient (Wildman–Crippen LogP) is 4.17. The zero-order chi connectivity index (χ0) is 15.5. The van der Waals surface area contributed by atoms with Crippen LogP contribution in [-0.4, -0.2) is 16.9 Å². The molecule has 0 bridgehead atoms. The summed E-state index contributed by atoms with van der Waals surface area (Å²) >= 11 is 1.62. The molecule has 0 atom stereocenters. The minimum atomic E-state index is 0.184. The molecule has 0 amide bonds. The summed E-state index contributed by atoms with van der Waals surface area (Å²) in [6, 6.07) is 9.94. The molecule has 3 rings (SSSR count). The highest BCUT2D eigenvalue weighted by Crippen LogP contribution is 2.25. The van der Waals surface area contributed by atoms with E-state index in [0.29, 0.717) is 5.84 Å². The van der Waals surface area contributed by atoms with Crippen LogP contribution in [0.1, 0.15) is 30.2 Å². The molecule has 3 aromatic rings. The number of aromatic nitrogens is 1. The molecular formula is C17H17N3OS. The minimum Gasteiger partial charge on any atom is -0.465 e. The van der Waals surface area contributed by atoms with E-state index in [1.54, 1.807) is 17.6 Å². The van der Waals surface area contributed by atoms with Crippen molar-refractivity contribution in [1.29, 1.82) is 0 Å². The smallest absolute Gasteiger partial charge is 0.126 e. The number of nitrogens with two attached hydrogens (primary N) is 1. The first-order chi connectivity index (χ1) is 10.6. The van der Waals surface area contributed by atoms with Gasteiger partial charge in [0.2, 0.25) is 0 Å². The van der Waals surface area contributed by atoms with Crippen LogP contribution in [0.15, 0.2) is 46.0 Å². The number of amidine groups is 1. The molecule has 0 spiro atoms. The van der Waals surface area contributed by atoms with Gasteiger partial charge in [-0.3, -0.25) is 4.99 Å². The van der Waals surface area contributed by atoms with Crippen LogP contribution in [0.5, 0.6) is 0 Å². The molecule has 0 saturated heterocycles.